The average Bonchev–Trinajstić information content (AvgIpc) is 3.12. The summed E-state index contributed by atoms with van der Waals surface area (Å²) in [5, 5.41) is 19.2. The number of epoxide rings is 1. The van der Waals surface area contributed by atoms with E-state index in [1.165, 1.54) is 0 Å². The molecule has 2 rings (SSSR count). The smallest absolute Gasteiger partial charge is 0.122 e. The lowest BCUT2D eigenvalue weighted by Gasteiger charge is -2.14. The first-order chi connectivity index (χ1) is 7.67. The van der Waals surface area contributed by atoms with Gasteiger partial charge in [-0.25, -0.2) is 0 Å². The normalized spacial score (nSPS) is 20.6. The first kappa shape index (κ1) is 11.4. The van der Waals surface area contributed by atoms with E-state index in [0.29, 0.717) is 12.4 Å². The summed E-state index contributed by atoms with van der Waals surface area (Å²) >= 11 is 0. The monoisotopic (exact) mass is 224 g/mol. The van der Waals surface area contributed by atoms with Crippen LogP contribution in [0.4, 0.5) is 0 Å². The highest BCUT2D eigenvalue weighted by molar-refractivity contribution is 5.43. The van der Waals surface area contributed by atoms with Gasteiger partial charge in [-0.15, -0.1) is 0 Å². The second-order valence-electron chi connectivity index (χ2n) is 3.98. The van der Waals surface area contributed by atoms with Crippen molar-refractivity contribution in [3.05, 3.63) is 28.8 Å². The van der Waals surface area contributed by atoms with Gasteiger partial charge in [-0.2, -0.15) is 0 Å². The standard InChI is InChI=1S/C12H16O4/c1-7-9(5-13)3-8(4-10(7)15-2)12(14)11-6-16-11/h3-4,11-14H,5-6H2,1-2H3/t11-,12-/m0/s1. The SMILES string of the molecule is COc1cc([C@H](O)[C@@H]2CO2)cc(CO)c1C. The quantitative estimate of drug-likeness (QED) is 0.747. The lowest BCUT2D eigenvalue weighted by Crippen LogP contribution is -2.07. The third-order valence-electron chi connectivity index (χ3n) is 2.93. The van der Waals surface area contributed by atoms with E-state index in [-0.39, 0.29) is 12.7 Å². The summed E-state index contributed by atoms with van der Waals surface area (Å²) in [4.78, 5) is 0. The molecule has 1 aliphatic heterocycles. The Morgan fingerprint density at radius 1 is 1.56 bits per heavy atom. The van der Waals surface area contributed by atoms with Gasteiger partial charge in [0.1, 0.15) is 18.0 Å². The Balaban J connectivity index is 2.37. The molecule has 0 aliphatic carbocycles. The third kappa shape index (κ3) is 2.04. The van der Waals surface area contributed by atoms with Crippen molar-refractivity contribution in [3.8, 4) is 5.75 Å². The minimum atomic E-state index is -0.639. The highest BCUT2D eigenvalue weighted by Crippen LogP contribution is 2.32. The minimum absolute atomic E-state index is 0.0612. The number of methoxy groups -OCH3 is 1. The van der Waals surface area contributed by atoms with E-state index in [9.17, 15) is 10.2 Å². The fourth-order valence-corrected chi connectivity index (χ4v) is 1.77. The third-order valence-corrected chi connectivity index (χ3v) is 2.93. The summed E-state index contributed by atoms with van der Waals surface area (Å²) in [7, 11) is 1.58. The van der Waals surface area contributed by atoms with Crippen LogP contribution in [0.5, 0.6) is 5.75 Å². The lowest BCUT2D eigenvalue weighted by molar-refractivity contribution is 0.136. The summed E-state index contributed by atoms with van der Waals surface area (Å²) in [5.41, 5.74) is 2.40. The van der Waals surface area contributed by atoms with Gasteiger partial charge in [0.05, 0.1) is 20.3 Å². The molecule has 0 unspecified atom stereocenters. The molecule has 1 fully saturated rings. The molecule has 2 N–H and O–H groups in total. The summed E-state index contributed by atoms with van der Waals surface area (Å²) in [6.45, 7) is 2.41. The van der Waals surface area contributed by atoms with Crippen molar-refractivity contribution in [2.24, 2.45) is 0 Å². The van der Waals surface area contributed by atoms with Crippen molar-refractivity contribution >= 4 is 0 Å². The molecule has 1 heterocycles. The fraction of sp³-hybridized carbons (Fsp3) is 0.500. The average molecular weight is 224 g/mol. The van der Waals surface area contributed by atoms with Crippen LogP contribution in [0.2, 0.25) is 0 Å². The van der Waals surface area contributed by atoms with Crippen molar-refractivity contribution in [2.45, 2.75) is 25.7 Å². The lowest BCUT2D eigenvalue weighted by atomic mass is 9.99. The molecule has 2 atom stereocenters. The topological polar surface area (TPSA) is 62.2 Å². The zero-order chi connectivity index (χ0) is 11.7. The van der Waals surface area contributed by atoms with Gasteiger partial charge in [-0.05, 0) is 29.7 Å². The molecular formula is C12H16O4. The van der Waals surface area contributed by atoms with E-state index in [4.69, 9.17) is 9.47 Å². The van der Waals surface area contributed by atoms with Crippen LogP contribution < -0.4 is 4.74 Å². The number of aliphatic hydroxyl groups is 2. The van der Waals surface area contributed by atoms with Gasteiger partial charge in [0.2, 0.25) is 0 Å². The van der Waals surface area contributed by atoms with Crippen molar-refractivity contribution in [2.75, 3.05) is 13.7 Å². The van der Waals surface area contributed by atoms with Crippen molar-refractivity contribution in [3.63, 3.8) is 0 Å². The fourth-order valence-electron chi connectivity index (χ4n) is 1.77. The molecular weight excluding hydrogens is 208 g/mol. The second-order valence-corrected chi connectivity index (χ2v) is 3.98. The number of aliphatic hydroxyl groups excluding tert-OH is 2. The molecule has 0 amide bonds. The Bertz CT molecular complexity index is 360. The molecule has 4 heteroatoms. The van der Waals surface area contributed by atoms with E-state index >= 15 is 0 Å². The zero-order valence-electron chi connectivity index (χ0n) is 9.43. The van der Waals surface area contributed by atoms with Crippen LogP contribution >= 0.6 is 0 Å². The summed E-state index contributed by atoms with van der Waals surface area (Å²) < 4.78 is 10.3. The van der Waals surface area contributed by atoms with Crippen LogP contribution in [-0.4, -0.2) is 30.0 Å². The predicted octanol–water partition coefficient (Wildman–Crippen LogP) is 0.928. The van der Waals surface area contributed by atoms with Gasteiger partial charge >= 0.3 is 0 Å². The number of ether oxygens (including phenoxy) is 2. The molecule has 0 saturated carbocycles. The van der Waals surface area contributed by atoms with Crippen LogP contribution in [0.25, 0.3) is 0 Å². The summed E-state index contributed by atoms with van der Waals surface area (Å²) in [6, 6.07) is 3.59. The molecule has 1 aliphatic rings. The number of hydrogen-bond donors (Lipinski definition) is 2. The maximum atomic E-state index is 9.93. The molecule has 16 heavy (non-hydrogen) atoms. The van der Waals surface area contributed by atoms with Crippen molar-refractivity contribution in [1.82, 2.24) is 0 Å². The Hall–Kier alpha value is -1.10. The Morgan fingerprint density at radius 3 is 2.75 bits per heavy atom. The Kier molecular flexibility index (Phi) is 3.14. The van der Waals surface area contributed by atoms with Gasteiger partial charge < -0.3 is 19.7 Å². The molecule has 0 radical (unpaired) electrons. The van der Waals surface area contributed by atoms with E-state index in [0.717, 1.165) is 16.7 Å². The van der Waals surface area contributed by atoms with Gasteiger partial charge in [0.25, 0.3) is 0 Å². The predicted molar refractivity (Wildman–Crippen MR) is 58.4 cm³/mol. The van der Waals surface area contributed by atoms with Crippen molar-refractivity contribution in [1.29, 1.82) is 0 Å². The minimum Gasteiger partial charge on any atom is -0.496 e. The Morgan fingerprint density at radius 2 is 2.25 bits per heavy atom. The molecule has 88 valence electrons. The molecule has 1 aromatic carbocycles. The van der Waals surface area contributed by atoms with E-state index in [1.54, 1.807) is 19.2 Å². The van der Waals surface area contributed by atoms with Crippen LogP contribution in [0.15, 0.2) is 12.1 Å². The van der Waals surface area contributed by atoms with Gasteiger partial charge in [-0.3, -0.25) is 0 Å². The summed E-state index contributed by atoms with van der Waals surface area (Å²) in [5.74, 6) is 0.682. The number of benzene rings is 1. The maximum Gasteiger partial charge on any atom is 0.122 e. The second kappa shape index (κ2) is 4.41. The van der Waals surface area contributed by atoms with Crippen molar-refractivity contribution < 1.29 is 19.7 Å². The van der Waals surface area contributed by atoms with Crippen LogP contribution in [0.3, 0.4) is 0 Å². The highest BCUT2D eigenvalue weighted by atomic mass is 16.6. The van der Waals surface area contributed by atoms with E-state index in [2.05, 4.69) is 0 Å². The highest BCUT2D eigenvalue weighted by Gasteiger charge is 2.33. The molecule has 0 bridgehead atoms. The van der Waals surface area contributed by atoms with E-state index in [1.807, 2.05) is 6.92 Å². The first-order valence-corrected chi connectivity index (χ1v) is 5.25. The zero-order valence-corrected chi connectivity index (χ0v) is 9.43. The van der Waals surface area contributed by atoms with Gasteiger partial charge in [0.15, 0.2) is 0 Å². The number of hydrogen-bond acceptors (Lipinski definition) is 4. The van der Waals surface area contributed by atoms with Crippen LogP contribution in [0, 0.1) is 6.92 Å². The summed E-state index contributed by atoms with van der Waals surface area (Å²) in [6.07, 6.45) is -0.751. The Labute approximate surface area is 94.4 Å². The molecule has 1 aromatic rings. The largest absolute Gasteiger partial charge is 0.496 e. The molecule has 4 nitrogen and oxygen atoms in total. The first-order valence-electron chi connectivity index (χ1n) is 5.25. The maximum absolute atomic E-state index is 9.93. The van der Waals surface area contributed by atoms with Crippen LogP contribution in [-0.2, 0) is 11.3 Å². The molecule has 0 spiro atoms. The molecule has 1 saturated heterocycles. The van der Waals surface area contributed by atoms with Gasteiger partial charge in [0, 0.05) is 0 Å². The van der Waals surface area contributed by atoms with E-state index < -0.39 is 6.10 Å². The van der Waals surface area contributed by atoms with Gasteiger partial charge in [-0.1, -0.05) is 6.07 Å². The van der Waals surface area contributed by atoms with Crippen LogP contribution in [0.1, 0.15) is 22.8 Å². The number of rotatable bonds is 4. The molecule has 0 aromatic heterocycles.